The molecule has 0 saturated heterocycles. The average molecular weight is 467 g/mol. The molecule has 0 radical (unpaired) electrons. The van der Waals surface area contributed by atoms with E-state index in [1.165, 1.54) is 46.2 Å². The molecule has 3 aromatic rings. The van der Waals surface area contributed by atoms with E-state index >= 15 is 0 Å². The van der Waals surface area contributed by atoms with Crippen LogP contribution in [0, 0.1) is 36.5 Å². The Morgan fingerprint density at radius 3 is 2.66 bits per heavy atom. The van der Waals surface area contributed by atoms with E-state index in [0.717, 1.165) is 41.9 Å². The maximum atomic E-state index is 9.17. The SMILES string of the molecule is Cc1cc(OCCCC(C)(C)C#N)cc(C)c1-c1cccc(COc2cc3c(cn2)C2CC2C3)c1. The van der Waals surface area contributed by atoms with Crippen LogP contribution in [0.1, 0.15) is 66.8 Å². The molecule has 2 aliphatic rings. The van der Waals surface area contributed by atoms with Gasteiger partial charge in [-0.2, -0.15) is 5.26 Å². The van der Waals surface area contributed by atoms with E-state index in [1.807, 2.05) is 20.0 Å². The molecule has 4 heteroatoms. The normalized spacial score (nSPS) is 17.9. The lowest BCUT2D eigenvalue weighted by atomic mass is 9.90. The van der Waals surface area contributed by atoms with Crippen LogP contribution in [0.5, 0.6) is 11.6 Å². The van der Waals surface area contributed by atoms with Crippen molar-refractivity contribution >= 4 is 0 Å². The van der Waals surface area contributed by atoms with Gasteiger partial charge >= 0.3 is 0 Å². The number of hydrogen-bond acceptors (Lipinski definition) is 4. The number of rotatable bonds is 9. The second kappa shape index (κ2) is 9.38. The van der Waals surface area contributed by atoms with Crippen molar-refractivity contribution in [1.29, 1.82) is 5.26 Å². The maximum Gasteiger partial charge on any atom is 0.213 e. The van der Waals surface area contributed by atoms with Gasteiger partial charge in [0.25, 0.3) is 0 Å². The summed E-state index contributed by atoms with van der Waals surface area (Å²) in [5.74, 6) is 3.24. The molecule has 1 aromatic heterocycles. The summed E-state index contributed by atoms with van der Waals surface area (Å²) >= 11 is 0. The van der Waals surface area contributed by atoms with Crippen molar-refractivity contribution in [3.05, 3.63) is 76.5 Å². The summed E-state index contributed by atoms with van der Waals surface area (Å²) in [5.41, 5.74) is 8.49. The van der Waals surface area contributed by atoms with E-state index in [0.29, 0.717) is 13.2 Å². The van der Waals surface area contributed by atoms with Gasteiger partial charge in [-0.1, -0.05) is 18.2 Å². The summed E-state index contributed by atoms with van der Waals surface area (Å²) in [6, 6.07) is 17.3. The first-order chi connectivity index (χ1) is 16.8. The number of aryl methyl sites for hydroxylation is 2. The molecule has 0 bridgehead atoms. The zero-order valence-electron chi connectivity index (χ0n) is 21.2. The third-order valence-electron chi connectivity index (χ3n) is 7.43. The van der Waals surface area contributed by atoms with Crippen molar-refractivity contribution < 1.29 is 9.47 Å². The number of nitriles is 1. The summed E-state index contributed by atoms with van der Waals surface area (Å²) in [7, 11) is 0. The molecular weight excluding hydrogens is 432 g/mol. The van der Waals surface area contributed by atoms with Gasteiger partial charge in [-0.25, -0.2) is 4.98 Å². The first-order valence-electron chi connectivity index (χ1n) is 12.7. The zero-order valence-corrected chi connectivity index (χ0v) is 21.2. The number of ether oxygens (including phenoxy) is 2. The van der Waals surface area contributed by atoms with E-state index in [9.17, 15) is 5.26 Å². The minimum Gasteiger partial charge on any atom is -0.494 e. The molecule has 2 aliphatic carbocycles. The number of hydrogen-bond donors (Lipinski definition) is 0. The second-order valence-corrected chi connectivity index (χ2v) is 10.9. The molecule has 4 nitrogen and oxygen atoms in total. The predicted molar refractivity (Wildman–Crippen MR) is 139 cm³/mol. The number of benzene rings is 2. The summed E-state index contributed by atoms with van der Waals surface area (Å²) in [4.78, 5) is 4.56. The van der Waals surface area contributed by atoms with Crippen molar-refractivity contribution in [2.45, 2.75) is 65.9 Å². The van der Waals surface area contributed by atoms with Crippen LogP contribution in [0.3, 0.4) is 0 Å². The van der Waals surface area contributed by atoms with Gasteiger partial charge in [-0.05, 0) is 122 Å². The molecule has 0 spiro atoms. The molecule has 1 saturated carbocycles. The first kappa shape index (κ1) is 23.4. The van der Waals surface area contributed by atoms with Gasteiger partial charge in [0, 0.05) is 12.3 Å². The first-order valence-corrected chi connectivity index (χ1v) is 12.7. The van der Waals surface area contributed by atoms with Gasteiger partial charge in [0.05, 0.1) is 18.1 Å². The Kier molecular flexibility index (Phi) is 6.28. The number of nitrogens with zero attached hydrogens (tertiary/aromatic N) is 2. The lowest BCUT2D eigenvalue weighted by Crippen LogP contribution is -2.10. The third-order valence-corrected chi connectivity index (χ3v) is 7.43. The lowest BCUT2D eigenvalue weighted by Gasteiger charge is -2.17. The van der Waals surface area contributed by atoms with Crippen molar-refractivity contribution in [3.63, 3.8) is 0 Å². The highest BCUT2D eigenvalue weighted by atomic mass is 16.5. The molecule has 1 fully saturated rings. The molecule has 2 unspecified atom stereocenters. The van der Waals surface area contributed by atoms with Crippen LogP contribution in [0.2, 0.25) is 0 Å². The third kappa shape index (κ3) is 5.20. The molecule has 35 heavy (non-hydrogen) atoms. The fourth-order valence-corrected chi connectivity index (χ4v) is 5.41. The highest BCUT2D eigenvalue weighted by Crippen LogP contribution is 2.56. The van der Waals surface area contributed by atoms with Crippen LogP contribution in [0.4, 0.5) is 0 Å². The molecule has 0 amide bonds. The summed E-state index contributed by atoms with van der Waals surface area (Å²) in [6.45, 7) is 9.34. The Morgan fingerprint density at radius 2 is 1.89 bits per heavy atom. The van der Waals surface area contributed by atoms with Gasteiger partial charge in [-0.3, -0.25) is 0 Å². The largest absolute Gasteiger partial charge is 0.494 e. The van der Waals surface area contributed by atoms with E-state index in [4.69, 9.17) is 9.47 Å². The van der Waals surface area contributed by atoms with Crippen molar-refractivity contribution in [1.82, 2.24) is 4.98 Å². The van der Waals surface area contributed by atoms with Crippen LogP contribution >= 0.6 is 0 Å². The maximum absolute atomic E-state index is 9.17. The molecule has 5 rings (SSSR count). The second-order valence-electron chi connectivity index (χ2n) is 10.9. The topological polar surface area (TPSA) is 55.1 Å². The summed E-state index contributed by atoms with van der Waals surface area (Å²) < 4.78 is 12.1. The Hall–Kier alpha value is -3.32. The molecular formula is C31H34N2O2. The lowest BCUT2D eigenvalue weighted by molar-refractivity contribution is 0.284. The average Bonchev–Trinajstić information content (AvgIpc) is 3.51. The molecule has 0 N–H and O–H groups in total. The fourth-order valence-electron chi connectivity index (χ4n) is 5.41. The summed E-state index contributed by atoms with van der Waals surface area (Å²) in [5, 5.41) is 9.17. The van der Waals surface area contributed by atoms with Crippen molar-refractivity contribution in [2.75, 3.05) is 6.61 Å². The monoisotopic (exact) mass is 466 g/mol. The zero-order chi connectivity index (χ0) is 24.6. The van der Waals surface area contributed by atoms with Crippen molar-refractivity contribution in [3.8, 4) is 28.8 Å². The summed E-state index contributed by atoms with van der Waals surface area (Å²) in [6.07, 6.45) is 6.25. The van der Waals surface area contributed by atoms with Crippen LogP contribution in [0.25, 0.3) is 11.1 Å². The minimum atomic E-state index is -0.301. The smallest absolute Gasteiger partial charge is 0.213 e. The van der Waals surface area contributed by atoms with E-state index in [-0.39, 0.29) is 5.41 Å². The van der Waals surface area contributed by atoms with Crippen LogP contribution in [0.15, 0.2) is 48.7 Å². The number of fused-ring (bicyclic) bond motifs is 3. The van der Waals surface area contributed by atoms with Gasteiger partial charge in [0.15, 0.2) is 0 Å². The van der Waals surface area contributed by atoms with Crippen LogP contribution in [-0.4, -0.2) is 11.6 Å². The van der Waals surface area contributed by atoms with Crippen LogP contribution < -0.4 is 9.47 Å². The molecule has 1 heterocycles. The Morgan fingerprint density at radius 1 is 1.09 bits per heavy atom. The Bertz CT molecular complexity index is 1260. The number of aromatic nitrogens is 1. The Balaban J connectivity index is 1.23. The van der Waals surface area contributed by atoms with Gasteiger partial charge in [-0.15, -0.1) is 0 Å². The van der Waals surface area contributed by atoms with Gasteiger partial charge in [0.2, 0.25) is 5.88 Å². The quantitative estimate of drug-likeness (QED) is 0.310. The van der Waals surface area contributed by atoms with Gasteiger partial charge < -0.3 is 9.47 Å². The van der Waals surface area contributed by atoms with Crippen LogP contribution in [-0.2, 0) is 13.0 Å². The molecule has 2 aromatic carbocycles. The number of pyridine rings is 1. The standard InChI is InChI=1S/C31H34N2O2/c1-20-11-26(34-10-6-9-31(3,4)19-32)12-21(2)30(20)23-8-5-7-22(13-23)18-35-29-16-25-14-24-15-27(24)28(25)17-33-29/h5,7-8,11-13,16-17,24,27H,6,9-10,14-15,18H2,1-4H3. The molecule has 2 atom stereocenters. The van der Waals surface area contributed by atoms with Crippen molar-refractivity contribution in [2.24, 2.45) is 11.3 Å². The predicted octanol–water partition coefficient (Wildman–Crippen LogP) is 7.31. The highest BCUT2D eigenvalue weighted by Gasteiger charge is 2.45. The van der Waals surface area contributed by atoms with E-state index in [2.05, 4.69) is 67.4 Å². The minimum absolute atomic E-state index is 0.301. The van der Waals surface area contributed by atoms with Gasteiger partial charge in [0.1, 0.15) is 12.4 Å². The molecule has 0 aliphatic heterocycles. The fraction of sp³-hybridized carbons (Fsp3) is 0.419. The van der Waals surface area contributed by atoms with E-state index in [1.54, 1.807) is 0 Å². The van der Waals surface area contributed by atoms with E-state index < -0.39 is 0 Å². The Labute approximate surface area is 208 Å². The highest BCUT2D eigenvalue weighted by molar-refractivity contribution is 5.72. The molecule has 180 valence electrons.